The Morgan fingerprint density at radius 3 is 2.16 bits per heavy atom. The Bertz CT molecular complexity index is 1630. The second-order valence-electron chi connectivity index (χ2n) is 7.84. The summed E-state index contributed by atoms with van der Waals surface area (Å²) in [7, 11) is 0. The second-order valence-corrected chi connectivity index (χ2v) is 7.84. The van der Waals surface area contributed by atoms with Gasteiger partial charge in [0.1, 0.15) is 11.3 Å². The van der Waals surface area contributed by atoms with Crippen molar-refractivity contribution in [1.29, 1.82) is 0 Å². The smallest absolute Gasteiger partial charge is 0.149 e. The highest BCUT2D eigenvalue weighted by molar-refractivity contribution is 6.15. The number of pyridine rings is 3. The van der Waals surface area contributed by atoms with E-state index < -0.39 is 0 Å². The van der Waals surface area contributed by atoms with Crippen molar-refractivity contribution in [3.63, 3.8) is 0 Å². The minimum Gasteiger partial charge on any atom is -0.292 e. The molecule has 0 atom stereocenters. The van der Waals surface area contributed by atoms with Crippen LogP contribution < -0.4 is 0 Å². The van der Waals surface area contributed by atoms with Crippen molar-refractivity contribution in [2.24, 2.45) is 0 Å². The number of fused-ring (bicyclic) bond motifs is 6. The molecule has 7 rings (SSSR count). The lowest BCUT2D eigenvalue weighted by Gasteiger charge is -2.08. The van der Waals surface area contributed by atoms with Gasteiger partial charge in [-0.3, -0.25) is 19.1 Å². The van der Waals surface area contributed by atoms with E-state index in [0.29, 0.717) is 0 Å². The van der Waals surface area contributed by atoms with Gasteiger partial charge in [-0.1, -0.05) is 36.4 Å². The zero-order chi connectivity index (χ0) is 21.1. The SMILES string of the molecule is c1ccc(-n2c3cccnc3c3cc4c5ccccc5n(-c5cccnc5)c4nc32)cc1. The Morgan fingerprint density at radius 1 is 0.562 bits per heavy atom. The van der Waals surface area contributed by atoms with E-state index in [0.717, 1.165) is 55.4 Å². The predicted molar refractivity (Wildman–Crippen MR) is 129 cm³/mol. The maximum absolute atomic E-state index is 5.26. The molecular weight excluding hydrogens is 394 g/mol. The van der Waals surface area contributed by atoms with Crippen LogP contribution in [0.5, 0.6) is 0 Å². The molecule has 0 N–H and O–H groups in total. The lowest BCUT2D eigenvalue weighted by molar-refractivity contribution is 1.09. The van der Waals surface area contributed by atoms with Crippen LogP contribution in [-0.4, -0.2) is 24.1 Å². The van der Waals surface area contributed by atoms with Crippen LogP contribution in [0.1, 0.15) is 0 Å². The summed E-state index contributed by atoms with van der Waals surface area (Å²) in [6.45, 7) is 0. The van der Waals surface area contributed by atoms with E-state index in [4.69, 9.17) is 9.97 Å². The van der Waals surface area contributed by atoms with Crippen LogP contribution in [0, 0.1) is 0 Å². The van der Waals surface area contributed by atoms with E-state index in [1.807, 2.05) is 30.6 Å². The van der Waals surface area contributed by atoms with Crippen LogP contribution in [0.2, 0.25) is 0 Å². The fourth-order valence-corrected chi connectivity index (χ4v) is 4.70. The van der Waals surface area contributed by atoms with Crippen LogP contribution in [0.25, 0.3) is 55.4 Å². The molecule has 0 spiro atoms. The normalized spacial score (nSPS) is 11.8. The van der Waals surface area contributed by atoms with Gasteiger partial charge >= 0.3 is 0 Å². The topological polar surface area (TPSA) is 48.5 Å². The summed E-state index contributed by atoms with van der Waals surface area (Å²) >= 11 is 0. The molecule has 0 aliphatic heterocycles. The van der Waals surface area contributed by atoms with Crippen molar-refractivity contribution in [2.45, 2.75) is 0 Å². The van der Waals surface area contributed by atoms with E-state index in [1.54, 1.807) is 6.20 Å². The molecule has 0 fully saturated rings. The van der Waals surface area contributed by atoms with Gasteiger partial charge in [-0.15, -0.1) is 0 Å². The number of rotatable bonds is 2. The highest BCUT2D eigenvalue weighted by atomic mass is 15.1. The molecule has 0 aliphatic rings. The molecule has 0 saturated heterocycles. The van der Waals surface area contributed by atoms with Crippen LogP contribution in [0.15, 0.2) is 104 Å². The number of para-hydroxylation sites is 2. The van der Waals surface area contributed by atoms with Gasteiger partial charge in [0, 0.05) is 34.2 Å². The zero-order valence-electron chi connectivity index (χ0n) is 17.1. The number of hydrogen-bond acceptors (Lipinski definition) is 3. The van der Waals surface area contributed by atoms with Gasteiger partial charge < -0.3 is 0 Å². The molecule has 5 aromatic heterocycles. The van der Waals surface area contributed by atoms with Crippen LogP contribution in [-0.2, 0) is 0 Å². The predicted octanol–water partition coefficient (Wildman–Crippen LogP) is 6.07. The summed E-state index contributed by atoms with van der Waals surface area (Å²) in [4.78, 5) is 14.3. The van der Waals surface area contributed by atoms with Crippen molar-refractivity contribution < 1.29 is 0 Å². The first-order valence-electron chi connectivity index (χ1n) is 10.6. The van der Waals surface area contributed by atoms with Crippen molar-refractivity contribution in [3.8, 4) is 11.4 Å². The van der Waals surface area contributed by atoms with Gasteiger partial charge in [0.2, 0.25) is 0 Å². The minimum absolute atomic E-state index is 0.894. The van der Waals surface area contributed by atoms with Crippen LogP contribution >= 0.6 is 0 Å². The highest BCUT2D eigenvalue weighted by Crippen LogP contribution is 2.36. The summed E-state index contributed by atoms with van der Waals surface area (Å²) < 4.78 is 4.39. The number of hydrogen-bond donors (Lipinski definition) is 0. The summed E-state index contributed by atoms with van der Waals surface area (Å²) in [5.74, 6) is 0. The molecule has 2 aromatic carbocycles. The molecular formula is C27H17N5. The molecule has 0 radical (unpaired) electrons. The minimum atomic E-state index is 0.894. The molecule has 32 heavy (non-hydrogen) atoms. The van der Waals surface area contributed by atoms with Crippen molar-refractivity contribution >= 4 is 44.0 Å². The molecule has 0 aliphatic carbocycles. The van der Waals surface area contributed by atoms with Gasteiger partial charge in [0.25, 0.3) is 0 Å². The van der Waals surface area contributed by atoms with E-state index in [9.17, 15) is 0 Å². The third kappa shape index (κ3) is 2.30. The first-order chi connectivity index (χ1) is 15.9. The summed E-state index contributed by atoms with van der Waals surface area (Å²) in [6.07, 6.45) is 5.52. The van der Waals surface area contributed by atoms with E-state index in [-0.39, 0.29) is 0 Å². The van der Waals surface area contributed by atoms with Crippen LogP contribution in [0.4, 0.5) is 0 Å². The van der Waals surface area contributed by atoms with Crippen molar-refractivity contribution in [1.82, 2.24) is 24.1 Å². The van der Waals surface area contributed by atoms with Gasteiger partial charge in [-0.05, 0) is 48.5 Å². The fourth-order valence-electron chi connectivity index (χ4n) is 4.70. The summed E-state index contributed by atoms with van der Waals surface area (Å²) in [5.41, 5.74) is 6.98. The maximum atomic E-state index is 5.26. The largest absolute Gasteiger partial charge is 0.292 e. The standard InChI is InChI=1S/C27H17N5/c1-2-8-18(9-3-1)31-24-13-7-15-29-25(24)22-16-21-20-11-4-5-12-23(20)32(26(21)30-27(22)31)19-10-6-14-28-17-19/h1-17H. The van der Waals surface area contributed by atoms with Gasteiger partial charge in [-0.25, -0.2) is 4.98 Å². The first kappa shape index (κ1) is 17.2. The van der Waals surface area contributed by atoms with Crippen LogP contribution in [0.3, 0.4) is 0 Å². The van der Waals surface area contributed by atoms with Crippen molar-refractivity contribution in [2.75, 3.05) is 0 Å². The number of benzene rings is 2. The Morgan fingerprint density at radius 2 is 1.28 bits per heavy atom. The zero-order valence-corrected chi connectivity index (χ0v) is 17.1. The monoisotopic (exact) mass is 411 g/mol. The Balaban J connectivity index is 1.71. The Hall–Kier alpha value is -4.51. The first-order valence-corrected chi connectivity index (χ1v) is 10.6. The molecule has 5 nitrogen and oxygen atoms in total. The molecule has 5 heteroatoms. The molecule has 0 amide bonds. The number of aromatic nitrogens is 5. The molecule has 0 saturated carbocycles. The lowest BCUT2D eigenvalue weighted by atomic mass is 10.1. The lowest BCUT2D eigenvalue weighted by Crippen LogP contribution is -1.98. The molecule has 150 valence electrons. The van der Waals surface area contributed by atoms with Gasteiger partial charge in [-0.2, -0.15) is 0 Å². The Kier molecular flexibility index (Phi) is 3.49. The summed E-state index contributed by atoms with van der Waals surface area (Å²) in [5, 5.41) is 3.32. The highest BCUT2D eigenvalue weighted by Gasteiger charge is 2.19. The molecule has 0 unspecified atom stereocenters. The third-order valence-corrected chi connectivity index (χ3v) is 6.04. The second kappa shape index (κ2) is 6.49. The van der Waals surface area contributed by atoms with Gasteiger partial charge in [0.05, 0.1) is 28.4 Å². The molecule has 7 aromatic rings. The third-order valence-electron chi connectivity index (χ3n) is 6.04. The van der Waals surface area contributed by atoms with E-state index in [2.05, 4.69) is 80.8 Å². The average Bonchev–Trinajstić information content (AvgIpc) is 3.36. The maximum Gasteiger partial charge on any atom is 0.149 e. The quantitative estimate of drug-likeness (QED) is 0.347. The Labute approximate surface area is 183 Å². The summed E-state index contributed by atoms with van der Waals surface area (Å²) in [6, 6.07) is 29.1. The number of nitrogens with zero attached hydrogens (tertiary/aromatic N) is 5. The fraction of sp³-hybridized carbons (Fsp3) is 0. The molecule has 5 heterocycles. The molecule has 0 bridgehead atoms. The van der Waals surface area contributed by atoms with E-state index >= 15 is 0 Å². The average molecular weight is 411 g/mol. The van der Waals surface area contributed by atoms with Crippen molar-refractivity contribution in [3.05, 3.63) is 104 Å². The van der Waals surface area contributed by atoms with Gasteiger partial charge in [0.15, 0.2) is 0 Å². The van der Waals surface area contributed by atoms with E-state index in [1.165, 1.54) is 0 Å².